The van der Waals surface area contributed by atoms with Crippen LogP contribution in [0.5, 0.6) is 0 Å². The van der Waals surface area contributed by atoms with E-state index >= 15 is 0 Å². The molecule has 0 radical (unpaired) electrons. The first kappa shape index (κ1) is 32.0. The van der Waals surface area contributed by atoms with E-state index in [1.54, 1.807) is 21.3 Å². The number of hydrogen-bond donors (Lipinski definition) is 1. The second-order valence-corrected chi connectivity index (χ2v) is 13.4. The number of ether oxygens (including phenoxy) is 6. The largest absolute Gasteiger partial charge is 0.462 e. The highest BCUT2D eigenvalue weighted by atomic mass is 16.7. The Hall–Kier alpha value is -1.36. The van der Waals surface area contributed by atoms with Gasteiger partial charge >= 0.3 is 5.97 Å². The minimum Gasteiger partial charge on any atom is -0.462 e. The summed E-state index contributed by atoms with van der Waals surface area (Å²) in [5.41, 5.74) is 0. The Kier molecular flexibility index (Phi) is 10.5. The Balaban J connectivity index is 1.32. The molecule has 0 spiro atoms. The summed E-state index contributed by atoms with van der Waals surface area (Å²) in [6.45, 7) is 5.86. The maximum Gasteiger partial charge on any atom is 0.306 e. The van der Waals surface area contributed by atoms with Crippen LogP contribution in [-0.2, 0) is 38.0 Å². The molecule has 3 aliphatic carbocycles. The first-order valence-electron chi connectivity index (χ1n) is 16.2. The van der Waals surface area contributed by atoms with Crippen molar-refractivity contribution in [2.75, 3.05) is 21.3 Å². The van der Waals surface area contributed by atoms with Crippen molar-refractivity contribution in [3.05, 3.63) is 12.2 Å². The smallest absolute Gasteiger partial charge is 0.306 e. The Bertz CT molecular complexity index is 969. The average Bonchev–Trinajstić information content (AvgIpc) is 3.55. The van der Waals surface area contributed by atoms with E-state index < -0.39 is 24.4 Å². The fourth-order valence-electron chi connectivity index (χ4n) is 8.93. The molecule has 15 atom stereocenters. The third kappa shape index (κ3) is 6.24. The molecule has 5 rings (SSSR count). The summed E-state index contributed by atoms with van der Waals surface area (Å²) in [4.78, 5) is 27.0. The van der Waals surface area contributed by atoms with Crippen molar-refractivity contribution in [1.29, 1.82) is 0 Å². The highest BCUT2D eigenvalue weighted by molar-refractivity contribution is 5.85. The van der Waals surface area contributed by atoms with Crippen LogP contribution in [-0.4, -0.2) is 87.2 Å². The molecular formula is C33H52O9. The van der Waals surface area contributed by atoms with Crippen LogP contribution in [0, 0.1) is 41.4 Å². The van der Waals surface area contributed by atoms with Crippen molar-refractivity contribution < 1.29 is 43.1 Å². The van der Waals surface area contributed by atoms with Crippen LogP contribution >= 0.6 is 0 Å². The van der Waals surface area contributed by atoms with Gasteiger partial charge < -0.3 is 33.5 Å². The van der Waals surface area contributed by atoms with Gasteiger partial charge in [-0.3, -0.25) is 9.59 Å². The van der Waals surface area contributed by atoms with E-state index in [4.69, 9.17) is 28.4 Å². The van der Waals surface area contributed by atoms with Gasteiger partial charge in [-0.05, 0) is 81.5 Å². The lowest BCUT2D eigenvalue weighted by Gasteiger charge is -2.44. The predicted octanol–water partition coefficient (Wildman–Crippen LogP) is 4.09. The van der Waals surface area contributed by atoms with E-state index in [0.29, 0.717) is 18.3 Å². The van der Waals surface area contributed by atoms with Crippen molar-refractivity contribution >= 4 is 11.8 Å². The number of fused-ring (bicyclic) bond motifs is 5. The molecule has 2 saturated carbocycles. The second-order valence-electron chi connectivity index (χ2n) is 13.4. The molecule has 238 valence electrons. The maximum atomic E-state index is 13.8. The number of cyclic esters (lactones) is 1. The normalized spacial score (nSPS) is 48.0. The number of allylic oxidation sites excluding steroid dienone is 2. The monoisotopic (exact) mass is 592 g/mol. The van der Waals surface area contributed by atoms with Gasteiger partial charge in [0.05, 0.1) is 18.3 Å². The molecular weight excluding hydrogens is 540 g/mol. The summed E-state index contributed by atoms with van der Waals surface area (Å²) in [5, 5.41) is 10.9. The molecule has 2 heterocycles. The maximum absolute atomic E-state index is 13.8. The van der Waals surface area contributed by atoms with Gasteiger partial charge in [-0.15, -0.1) is 0 Å². The van der Waals surface area contributed by atoms with Gasteiger partial charge in [0.2, 0.25) is 0 Å². The van der Waals surface area contributed by atoms with Crippen molar-refractivity contribution in [2.45, 2.75) is 121 Å². The zero-order valence-electron chi connectivity index (χ0n) is 26.2. The molecule has 42 heavy (non-hydrogen) atoms. The molecule has 9 heteroatoms. The molecule has 9 nitrogen and oxygen atoms in total. The fourth-order valence-corrected chi connectivity index (χ4v) is 8.93. The summed E-state index contributed by atoms with van der Waals surface area (Å²) < 4.78 is 36.0. The number of aliphatic hydroxyl groups excluding tert-OH is 1. The predicted molar refractivity (Wildman–Crippen MR) is 154 cm³/mol. The van der Waals surface area contributed by atoms with Gasteiger partial charge in [0, 0.05) is 39.6 Å². The first-order valence-corrected chi connectivity index (χ1v) is 16.2. The van der Waals surface area contributed by atoms with Crippen LogP contribution in [0.4, 0.5) is 0 Å². The Labute approximate surface area is 250 Å². The lowest BCUT2D eigenvalue weighted by molar-refractivity contribution is -0.314. The molecule has 0 aromatic rings. The molecule has 1 N–H and O–H groups in total. The molecule has 0 bridgehead atoms. The average molecular weight is 593 g/mol. The zero-order valence-corrected chi connectivity index (χ0v) is 26.2. The fraction of sp³-hybridized carbons (Fsp3) is 0.879. The molecule has 0 aromatic heterocycles. The van der Waals surface area contributed by atoms with Crippen LogP contribution in [0.2, 0.25) is 0 Å². The highest BCUT2D eigenvalue weighted by Crippen LogP contribution is 2.57. The number of carbonyl (C=O) groups excluding carboxylic acids is 2. The van der Waals surface area contributed by atoms with Gasteiger partial charge in [0.1, 0.15) is 30.2 Å². The molecule has 5 aliphatic rings. The van der Waals surface area contributed by atoms with Gasteiger partial charge in [0.15, 0.2) is 6.29 Å². The van der Waals surface area contributed by atoms with Crippen molar-refractivity contribution in [3.8, 4) is 0 Å². The number of methoxy groups -OCH3 is 3. The Morgan fingerprint density at radius 2 is 1.64 bits per heavy atom. The Morgan fingerprint density at radius 1 is 0.905 bits per heavy atom. The van der Waals surface area contributed by atoms with Crippen LogP contribution in [0.15, 0.2) is 12.2 Å². The summed E-state index contributed by atoms with van der Waals surface area (Å²) in [5.74, 6) is 0.229. The van der Waals surface area contributed by atoms with E-state index in [0.717, 1.165) is 38.5 Å². The lowest BCUT2D eigenvalue weighted by Crippen LogP contribution is -2.59. The molecule has 2 aliphatic heterocycles. The second kappa shape index (κ2) is 13.7. The molecule has 0 unspecified atom stereocenters. The van der Waals surface area contributed by atoms with E-state index in [1.165, 1.54) is 0 Å². The van der Waals surface area contributed by atoms with E-state index in [1.807, 2.05) is 20.8 Å². The summed E-state index contributed by atoms with van der Waals surface area (Å²) >= 11 is 0. The summed E-state index contributed by atoms with van der Waals surface area (Å²) in [6, 6.07) is 0. The minimum absolute atomic E-state index is 0.0202. The van der Waals surface area contributed by atoms with Crippen LogP contribution < -0.4 is 0 Å². The lowest BCUT2D eigenvalue weighted by atomic mass is 9.71. The molecule has 0 amide bonds. The third-order valence-corrected chi connectivity index (χ3v) is 11.2. The number of rotatable bonds is 6. The number of carbonyl (C=O) groups is 2. The van der Waals surface area contributed by atoms with Gasteiger partial charge in [-0.25, -0.2) is 0 Å². The van der Waals surface area contributed by atoms with Gasteiger partial charge in [-0.1, -0.05) is 26.0 Å². The number of ketones is 1. The number of hydrogen-bond acceptors (Lipinski definition) is 9. The molecule has 4 fully saturated rings. The molecule has 2 saturated heterocycles. The van der Waals surface area contributed by atoms with Gasteiger partial charge in [-0.2, -0.15) is 0 Å². The topological polar surface area (TPSA) is 110 Å². The molecule has 0 aromatic carbocycles. The summed E-state index contributed by atoms with van der Waals surface area (Å²) in [7, 11) is 4.95. The van der Waals surface area contributed by atoms with Crippen LogP contribution in [0.3, 0.4) is 0 Å². The van der Waals surface area contributed by atoms with Crippen LogP contribution in [0.25, 0.3) is 0 Å². The Morgan fingerprint density at radius 3 is 2.33 bits per heavy atom. The van der Waals surface area contributed by atoms with Crippen molar-refractivity contribution in [3.63, 3.8) is 0 Å². The van der Waals surface area contributed by atoms with E-state index in [9.17, 15) is 14.7 Å². The zero-order chi connectivity index (χ0) is 30.1. The standard InChI is InChI=1S/C33H52O9/c1-7-20-9-8-10-27(34)17(2)29(36)26-15-24-22(25(26)16-28(35)41-20)12-11-19-13-21(14-23(19)24)42-33-32(39-6)31(38-5)30(37-4)18(3)40-33/h11-12,17-27,30-34H,7-10,13-16H2,1-6H3/t17-,18+,19+,20+,21-,22-,23-,24+,25-,26+,27-,30-,31-,32-,33-/m0/s1. The van der Waals surface area contributed by atoms with Crippen molar-refractivity contribution in [1.82, 2.24) is 0 Å². The highest BCUT2D eigenvalue weighted by Gasteiger charge is 2.55. The number of aliphatic hydroxyl groups is 1. The van der Waals surface area contributed by atoms with Crippen molar-refractivity contribution in [2.24, 2.45) is 41.4 Å². The van der Waals surface area contributed by atoms with Gasteiger partial charge in [0.25, 0.3) is 0 Å². The SMILES string of the molecule is CC[C@@H]1CCC[C@H](O)[C@H](C)C(=O)[C@@H]2C[C@@H]3[C@H](C=C[C@@H]4C[C@H](O[C@@H]5O[C@H](C)[C@H](OC)[C@H](OC)[C@@H]5OC)C[C@H]34)[C@@H]2CC(=O)O1. The first-order chi connectivity index (χ1) is 20.2. The number of esters is 1. The van der Waals surface area contributed by atoms with Crippen LogP contribution in [0.1, 0.15) is 72.1 Å². The number of Topliss-reactive ketones (excluding diaryl/α,β-unsaturated/α-hetero) is 1. The third-order valence-electron chi connectivity index (χ3n) is 11.2. The quantitative estimate of drug-likeness (QED) is 0.360. The minimum atomic E-state index is -0.666. The van der Waals surface area contributed by atoms with E-state index in [-0.39, 0.29) is 72.4 Å². The summed E-state index contributed by atoms with van der Waals surface area (Å²) in [6.07, 6.45) is 7.45. The van der Waals surface area contributed by atoms with E-state index in [2.05, 4.69) is 12.2 Å².